The van der Waals surface area contributed by atoms with Crippen molar-refractivity contribution in [2.75, 3.05) is 9.80 Å². The van der Waals surface area contributed by atoms with Crippen LogP contribution < -0.4 is 9.80 Å². The number of para-hydroxylation sites is 1. The van der Waals surface area contributed by atoms with Crippen molar-refractivity contribution in [3.63, 3.8) is 0 Å². The van der Waals surface area contributed by atoms with Gasteiger partial charge in [-0.25, -0.2) is 0 Å². The van der Waals surface area contributed by atoms with E-state index in [0.29, 0.717) is 0 Å². The molecule has 0 spiro atoms. The molecule has 3 nitrogen and oxygen atoms in total. The molecule has 0 amide bonds. The Balaban J connectivity index is 1.02. The van der Waals surface area contributed by atoms with Crippen LogP contribution in [-0.2, 0) is 10.8 Å². The number of benzene rings is 10. The Labute approximate surface area is 391 Å². The molecule has 0 fully saturated rings. The van der Waals surface area contributed by atoms with Crippen LogP contribution in [0.5, 0.6) is 0 Å². The molecule has 3 heteroatoms. The minimum Gasteiger partial charge on any atom is -0.310 e. The third kappa shape index (κ3) is 5.34. The minimum absolute atomic E-state index is 0.120. The van der Waals surface area contributed by atoms with Crippen molar-refractivity contribution in [2.45, 2.75) is 38.5 Å². The van der Waals surface area contributed by atoms with E-state index in [1.807, 2.05) is 0 Å². The summed E-state index contributed by atoms with van der Waals surface area (Å²) in [6.45, 7) is 9.51. The van der Waals surface area contributed by atoms with E-state index in [2.05, 4.69) is 254 Å². The summed E-state index contributed by atoms with van der Waals surface area (Å²) in [7, 11) is 0. The topological polar surface area (TPSA) is 11.4 Å². The van der Waals surface area contributed by atoms with Gasteiger partial charge in [0, 0.05) is 55.4 Å². The zero-order valence-corrected chi connectivity index (χ0v) is 38.0. The summed E-state index contributed by atoms with van der Waals surface area (Å²) >= 11 is 0. The van der Waals surface area contributed by atoms with Crippen molar-refractivity contribution < 1.29 is 0 Å². The lowest BCUT2D eigenvalue weighted by Crippen LogP contribution is -2.17. The van der Waals surface area contributed by atoms with Crippen LogP contribution in [0.3, 0.4) is 0 Å². The Morgan fingerprint density at radius 2 is 0.821 bits per heavy atom. The van der Waals surface area contributed by atoms with E-state index in [1.165, 1.54) is 88.3 Å². The predicted octanol–water partition coefficient (Wildman–Crippen LogP) is 17.5. The minimum atomic E-state index is -0.180. The highest BCUT2D eigenvalue weighted by molar-refractivity contribution is 6.17. The second-order valence-corrected chi connectivity index (χ2v) is 19.8. The van der Waals surface area contributed by atoms with E-state index in [0.717, 1.165) is 39.7 Å². The number of fused-ring (bicyclic) bond motifs is 14. The summed E-state index contributed by atoms with van der Waals surface area (Å²) in [5.74, 6) is 0. The molecule has 1 aromatic heterocycles. The highest BCUT2D eigenvalue weighted by atomic mass is 15.2. The fourth-order valence-electron chi connectivity index (χ4n) is 12.2. The highest BCUT2D eigenvalue weighted by Crippen LogP contribution is 2.55. The lowest BCUT2D eigenvalue weighted by atomic mass is 9.82. The Morgan fingerprint density at radius 3 is 1.60 bits per heavy atom. The number of anilines is 6. The zero-order valence-electron chi connectivity index (χ0n) is 38.0. The number of hydrogen-bond donors (Lipinski definition) is 0. The van der Waals surface area contributed by atoms with Gasteiger partial charge in [0.2, 0.25) is 0 Å². The molecule has 14 rings (SSSR count). The van der Waals surface area contributed by atoms with Crippen molar-refractivity contribution in [1.29, 1.82) is 0 Å². The van der Waals surface area contributed by atoms with Crippen LogP contribution in [0.15, 0.2) is 212 Å². The molecular weight excluding hydrogens is 811 g/mol. The molecule has 0 saturated carbocycles. The lowest BCUT2D eigenvalue weighted by Gasteiger charge is -2.30. The number of aromatic nitrogens is 1. The Hall–Kier alpha value is -8.14. The van der Waals surface area contributed by atoms with Gasteiger partial charge < -0.3 is 14.4 Å². The summed E-state index contributed by atoms with van der Waals surface area (Å²) in [6.07, 6.45) is 0. The van der Waals surface area contributed by atoms with Gasteiger partial charge in [-0.15, -0.1) is 0 Å². The van der Waals surface area contributed by atoms with Gasteiger partial charge in [0.1, 0.15) is 0 Å². The summed E-state index contributed by atoms with van der Waals surface area (Å²) in [4.78, 5) is 4.99. The molecule has 0 radical (unpaired) electrons. The van der Waals surface area contributed by atoms with Crippen molar-refractivity contribution in [3.8, 4) is 39.1 Å². The van der Waals surface area contributed by atoms with Crippen LogP contribution >= 0.6 is 0 Å². The molecule has 0 saturated heterocycles. The summed E-state index contributed by atoms with van der Waals surface area (Å²) in [5, 5.41) is 4.90. The first-order valence-electron chi connectivity index (χ1n) is 23.6. The van der Waals surface area contributed by atoms with Gasteiger partial charge in [-0.1, -0.05) is 155 Å². The Bertz CT molecular complexity index is 3900. The van der Waals surface area contributed by atoms with E-state index in [1.54, 1.807) is 0 Å². The van der Waals surface area contributed by atoms with Crippen LogP contribution in [0.25, 0.3) is 71.6 Å². The number of nitrogens with zero attached hydrogens (tertiary/aromatic N) is 3. The van der Waals surface area contributed by atoms with Crippen LogP contribution in [0.1, 0.15) is 49.9 Å². The normalized spacial score (nSPS) is 14.7. The standard InChI is InChI=1S/C64H47N3/c1-63(2)55-33-30-45-37-52(55)53-38-46(31-34-56(53)63)66(60-27-14-28-61-62(60)51-23-8-10-25-59(51)67(61)58-26-13-16-40-15-5-6-21-48(40)58)44-20-12-18-42(36-44)41-17-11-19-43(35-41)65(45)47-29-32-50-49-22-7-9-24-54(49)64(3,4)57(50)39-47/h5-39H,1-4H3. The smallest absolute Gasteiger partial charge is 0.0562 e. The quantitative estimate of drug-likeness (QED) is 0.175. The first-order valence-corrected chi connectivity index (χ1v) is 23.6. The van der Waals surface area contributed by atoms with E-state index < -0.39 is 0 Å². The highest BCUT2D eigenvalue weighted by Gasteiger charge is 2.38. The van der Waals surface area contributed by atoms with E-state index in [-0.39, 0.29) is 10.8 Å². The molecule has 11 aromatic rings. The first kappa shape index (κ1) is 38.2. The molecule has 0 unspecified atom stereocenters. The maximum atomic E-state index is 2.51. The van der Waals surface area contributed by atoms with Crippen LogP contribution in [0.2, 0.25) is 0 Å². The van der Waals surface area contributed by atoms with Gasteiger partial charge in [-0.3, -0.25) is 0 Å². The monoisotopic (exact) mass is 857 g/mol. The molecule has 318 valence electrons. The van der Waals surface area contributed by atoms with Gasteiger partial charge in [0.15, 0.2) is 0 Å². The Morgan fingerprint density at radius 1 is 0.313 bits per heavy atom. The van der Waals surface area contributed by atoms with Gasteiger partial charge in [-0.05, 0) is 146 Å². The van der Waals surface area contributed by atoms with Crippen LogP contribution in [0.4, 0.5) is 34.1 Å². The van der Waals surface area contributed by atoms with Gasteiger partial charge >= 0.3 is 0 Å². The van der Waals surface area contributed by atoms with Crippen LogP contribution in [-0.4, -0.2) is 4.57 Å². The van der Waals surface area contributed by atoms with Crippen molar-refractivity contribution in [1.82, 2.24) is 4.57 Å². The predicted molar refractivity (Wildman–Crippen MR) is 282 cm³/mol. The van der Waals surface area contributed by atoms with E-state index in [4.69, 9.17) is 0 Å². The average Bonchev–Trinajstić information content (AvgIpc) is 3.90. The lowest BCUT2D eigenvalue weighted by molar-refractivity contribution is 0.660. The molecule has 0 atom stereocenters. The molecule has 1 aliphatic heterocycles. The van der Waals surface area contributed by atoms with Crippen molar-refractivity contribution in [3.05, 3.63) is 235 Å². The third-order valence-electron chi connectivity index (χ3n) is 15.5. The summed E-state index contributed by atoms with van der Waals surface area (Å²) in [5.41, 5.74) is 23.1. The zero-order chi connectivity index (χ0) is 44.8. The number of hydrogen-bond acceptors (Lipinski definition) is 2. The third-order valence-corrected chi connectivity index (χ3v) is 15.5. The summed E-state index contributed by atoms with van der Waals surface area (Å²) in [6, 6.07) is 79.9. The van der Waals surface area contributed by atoms with Gasteiger partial charge in [0.05, 0.1) is 22.4 Å². The van der Waals surface area contributed by atoms with E-state index in [9.17, 15) is 0 Å². The summed E-state index contributed by atoms with van der Waals surface area (Å²) < 4.78 is 2.47. The Kier molecular flexibility index (Phi) is 7.80. The number of rotatable bonds is 3. The van der Waals surface area contributed by atoms with Crippen molar-refractivity contribution in [2.24, 2.45) is 0 Å². The molecule has 3 aliphatic rings. The first-order chi connectivity index (χ1) is 32.7. The van der Waals surface area contributed by atoms with Crippen molar-refractivity contribution >= 4 is 66.7 Å². The molecule has 67 heavy (non-hydrogen) atoms. The average molecular weight is 858 g/mol. The molecule has 2 aliphatic carbocycles. The maximum Gasteiger partial charge on any atom is 0.0562 e. The molecular formula is C64H47N3. The fourth-order valence-corrected chi connectivity index (χ4v) is 12.2. The van der Waals surface area contributed by atoms with Gasteiger partial charge in [0.25, 0.3) is 0 Å². The van der Waals surface area contributed by atoms with E-state index >= 15 is 0 Å². The van der Waals surface area contributed by atoms with Crippen LogP contribution in [0, 0.1) is 0 Å². The molecule has 0 N–H and O–H groups in total. The molecule has 10 aromatic carbocycles. The molecule has 8 bridgehead atoms. The second kappa shape index (κ2) is 13.7. The fraction of sp³-hybridized carbons (Fsp3) is 0.0938. The maximum absolute atomic E-state index is 2.51. The second-order valence-electron chi connectivity index (χ2n) is 19.8. The molecule has 2 heterocycles. The SMILES string of the molecule is CC1(C)c2ccc3cc2-c2cc(ccc21)N(c1cccc2c1c1ccccc1n2-c1cccc2ccccc12)c1cccc(c1)-c1cccc(c1)N3c1ccc2c(c1)C(C)(C)c1ccccc1-2. The van der Waals surface area contributed by atoms with Gasteiger partial charge in [-0.2, -0.15) is 0 Å². The largest absolute Gasteiger partial charge is 0.310 e.